The largest absolute Gasteiger partial charge is 0.354 e. The average Bonchev–Trinajstić information content (AvgIpc) is 2.82. The summed E-state index contributed by atoms with van der Waals surface area (Å²) < 4.78 is 26.2. The topological polar surface area (TPSA) is 86.8 Å². The Kier molecular flexibility index (Phi) is 11.7. The van der Waals surface area contributed by atoms with E-state index >= 15 is 0 Å². The first kappa shape index (κ1) is 30.9. The van der Waals surface area contributed by atoms with Crippen molar-refractivity contribution in [3.8, 4) is 0 Å². The summed E-state index contributed by atoms with van der Waals surface area (Å²) in [4.78, 5) is 28.2. The molecule has 0 saturated carbocycles. The van der Waals surface area contributed by atoms with Crippen LogP contribution < -0.4 is 9.62 Å². The summed E-state index contributed by atoms with van der Waals surface area (Å²) in [6.45, 7) is 8.72. The third-order valence-electron chi connectivity index (χ3n) is 6.00. The predicted octanol–water partition coefficient (Wildman–Crippen LogP) is 5.43. The Balaban J connectivity index is 2.25. The molecule has 2 aromatic rings. The molecule has 0 aromatic heterocycles. The zero-order valence-electron chi connectivity index (χ0n) is 22.1. The van der Waals surface area contributed by atoms with Crippen molar-refractivity contribution in [3.63, 3.8) is 0 Å². The van der Waals surface area contributed by atoms with Crippen LogP contribution in [0.5, 0.6) is 0 Å². The fourth-order valence-corrected chi connectivity index (χ4v) is 5.38. The molecule has 0 aliphatic carbocycles. The van der Waals surface area contributed by atoms with E-state index in [4.69, 9.17) is 23.2 Å². The number of halogens is 2. The lowest BCUT2D eigenvalue weighted by molar-refractivity contribution is -0.141. The van der Waals surface area contributed by atoms with Crippen molar-refractivity contribution in [1.82, 2.24) is 10.2 Å². The van der Waals surface area contributed by atoms with Gasteiger partial charge in [-0.05, 0) is 55.0 Å². The number of hydrogen-bond donors (Lipinski definition) is 1. The Morgan fingerprint density at radius 3 is 2.35 bits per heavy atom. The van der Waals surface area contributed by atoms with Crippen LogP contribution in [0.25, 0.3) is 0 Å². The van der Waals surface area contributed by atoms with Crippen molar-refractivity contribution in [2.75, 3.05) is 23.7 Å². The van der Waals surface area contributed by atoms with Gasteiger partial charge in [0.1, 0.15) is 6.04 Å². The van der Waals surface area contributed by atoms with E-state index in [9.17, 15) is 18.0 Å². The monoisotopic (exact) mass is 569 g/mol. The molecule has 0 bridgehead atoms. The van der Waals surface area contributed by atoms with Gasteiger partial charge in [-0.15, -0.1) is 0 Å². The van der Waals surface area contributed by atoms with Crippen LogP contribution in [0.3, 0.4) is 0 Å². The molecule has 10 heteroatoms. The molecule has 0 heterocycles. The number of rotatable bonds is 13. The first-order valence-corrected chi connectivity index (χ1v) is 15.0. The van der Waals surface area contributed by atoms with E-state index < -0.39 is 16.1 Å². The number of hydrogen-bond acceptors (Lipinski definition) is 4. The van der Waals surface area contributed by atoms with Crippen LogP contribution in [0.15, 0.2) is 42.5 Å². The zero-order chi connectivity index (χ0) is 27.8. The van der Waals surface area contributed by atoms with Crippen LogP contribution in [0.1, 0.15) is 51.2 Å². The third-order valence-corrected chi connectivity index (χ3v) is 7.74. The fourth-order valence-electron chi connectivity index (χ4n) is 3.97. The van der Waals surface area contributed by atoms with Gasteiger partial charge < -0.3 is 10.2 Å². The van der Waals surface area contributed by atoms with E-state index in [2.05, 4.69) is 5.32 Å². The number of benzene rings is 2. The normalized spacial score (nSPS) is 12.3. The molecule has 1 atom stereocenters. The van der Waals surface area contributed by atoms with Crippen molar-refractivity contribution in [3.05, 3.63) is 63.6 Å². The molecule has 0 spiro atoms. The van der Waals surface area contributed by atoms with Crippen molar-refractivity contribution >= 4 is 50.7 Å². The standard InChI is InChI=1S/C27H37Cl2N3O4S/c1-6-24(27(34)30-17-19(2)3)31(18-21-11-8-7-10-20(21)4)26(33)12-9-15-32(37(5,35)36)25-16-22(28)13-14-23(25)29/h7-8,10-11,13-14,16,19,24H,6,9,12,15,17-18H2,1-5H3,(H,30,34). The average molecular weight is 571 g/mol. The first-order valence-electron chi connectivity index (χ1n) is 12.4. The molecule has 0 radical (unpaired) electrons. The number of nitrogens with one attached hydrogen (secondary N) is 1. The SMILES string of the molecule is CCC(C(=O)NCC(C)C)N(Cc1ccccc1C)C(=O)CCCN(c1cc(Cl)ccc1Cl)S(C)(=O)=O. The highest BCUT2D eigenvalue weighted by Crippen LogP contribution is 2.31. The van der Waals surface area contributed by atoms with Crippen LogP contribution in [-0.2, 0) is 26.2 Å². The Hall–Kier alpha value is -2.29. The summed E-state index contributed by atoms with van der Waals surface area (Å²) in [5.41, 5.74) is 2.24. The summed E-state index contributed by atoms with van der Waals surface area (Å²) >= 11 is 12.3. The molecule has 2 aromatic carbocycles. The van der Waals surface area contributed by atoms with E-state index in [0.29, 0.717) is 18.0 Å². The molecular formula is C27H37Cl2N3O4S. The molecule has 7 nitrogen and oxygen atoms in total. The van der Waals surface area contributed by atoms with Crippen molar-refractivity contribution in [1.29, 1.82) is 0 Å². The van der Waals surface area contributed by atoms with Crippen LogP contribution in [-0.4, -0.2) is 50.5 Å². The van der Waals surface area contributed by atoms with Gasteiger partial charge in [-0.25, -0.2) is 8.42 Å². The molecule has 0 aliphatic heterocycles. The number of carbonyl (C=O) groups is 2. The van der Waals surface area contributed by atoms with Gasteiger partial charge in [-0.3, -0.25) is 13.9 Å². The highest BCUT2D eigenvalue weighted by molar-refractivity contribution is 7.92. The zero-order valence-corrected chi connectivity index (χ0v) is 24.5. The van der Waals surface area contributed by atoms with Gasteiger partial charge in [-0.2, -0.15) is 0 Å². The minimum Gasteiger partial charge on any atom is -0.354 e. The van der Waals surface area contributed by atoms with Gasteiger partial charge in [0.05, 0.1) is 17.0 Å². The van der Waals surface area contributed by atoms with E-state index in [-0.39, 0.29) is 54.4 Å². The van der Waals surface area contributed by atoms with Gasteiger partial charge in [0.15, 0.2) is 0 Å². The molecule has 0 saturated heterocycles. The number of aryl methyl sites for hydroxylation is 1. The fraction of sp³-hybridized carbons (Fsp3) is 0.481. The summed E-state index contributed by atoms with van der Waals surface area (Å²) in [6, 6.07) is 11.7. The smallest absolute Gasteiger partial charge is 0.242 e. The van der Waals surface area contributed by atoms with Crippen LogP contribution in [0, 0.1) is 12.8 Å². The van der Waals surface area contributed by atoms with E-state index in [1.54, 1.807) is 11.0 Å². The summed E-state index contributed by atoms with van der Waals surface area (Å²) in [5.74, 6) is -0.135. The lowest BCUT2D eigenvalue weighted by atomic mass is 10.0. The molecule has 1 N–H and O–H groups in total. The number of sulfonamides is 1. The number of carbonyl (C=O) groups excluding carboxylic acids is 2. The lowest BCUT2D eigenvalue weighted by Gasteiger charge is -2.32. The molecule has 0 aliphatic rings. The molecule has 2 amide bonds. The van der Waals surface area contributed by atoms with Crippen molar-refractivity contribution in [2.45, 2.75) is 59.5 Å². The van der Waals surface area contributed by atoms with Crippen molar-refractivity contribution in [2.24, 2.45) is 5.92 Å². The van der Waals surface area contributed by atoms with Crippen LogP contribution >= 0.6 is 23.2 Å². The third kappa shape index (κ3) is 9.20. The Labute approximate surface area is 231 Å². The van der Waals surface area contributed by atoms with E-state index in [1.807, 2.05) is 52.0 Å². The Morgan fingerprint density at radius 2 is 1.76 bits per heavy atom. The molecule has 1 unspecified atom stereocenters. The maximum atomic E-state index is 13.5. The first-order chi connectivity index (χ1) is 17.3. The quantitative estimate of drug-likeness (QED) is 0.348. The van der Waals surface area contributed by atoms with Gasteiger partial charge in [0, 0.05) is 31.1 Å². The number of nitrogens with zero attached hydrogens (tertiary/aromatic N) is 2. The van der Waals surface area contributed by atoms with Crippen molar-refractivity contribution < 1.29 is 18.0 Å². The molecular weight excluding hydrogens is 533 g/mol. The summed E-state index contributed by atoms with van der Waals surface area (Å²) in [6.07, 6.45) is 1.84. The number of amides is 2. The van der Waals surface area contributed by atoms with Crippen LogP contribution in [0.4, 0.5) is 5.69 Å². The van der Waals surface area contributed by atoms with Gasteiger partial charge in [-0.1, -0.05) is 68.2 Å². The van der Waals surface area contributed by atoms with Crippen LogP contribution in [0.2, 0.25) is 10.0 Å². The minimum absolute atomic E-state index is 0.0409. The van der Waals surface area contributed by atoms with Gasteiger partial charge in [0.25, 0.3) is 0 Å². The predicted molar refractivity (Wildman–Crippen MR) is 152 cm³/mol. The molecule has 37 heavy (non-hydrogen) atoms. The second-order valence-electron chi connectivity index (χ2n) is 9.55. The van der Waals surface area contributed by atoms with Gasteiger partial charge >= 0.3 is 0 Å². The Bertz CT molecular complexity index is 1190. The molecule has 2 rings (SSSR count). The maximum absolute atomic E-state index is 13.5. The second-order valence-corrected chi connectivity index (χ2v) is 12.3. The van der Waals surface area contributed by atoms with E-state index in [0.717, 1.165) is 21.7 Å². The highest BCUT2D eigenvalue weighted by Gasteiger charge is 2.29. The Morgan fingerprint density at radius 1 is 1.08 bits per heavy atom. The lowest BCUT2D eigenvalue weighted by Crippen LogP contribution is -2.49. The summed E-state index contributed by atoms with van der Waals surface area (Å²) in [5, 5.41) is 3.55. The molecule has 0 fully saturated rings. The second kappa shape index (κ2) is 14.0. The summed E-state index contributed by atoms with van der Waals surface area (Å²) in [7, 11) is -3.68. The number of anilines is 1. The maximum Gasteiger partial charge on any atom is 0.242 e. The minimum atomic E-state index is -3.68. The molecule has 204 valence electrons. The van der Waals surface area contributed by atoms with Gasteiger partial charge in [0.2, 0.25) is 21.8 Å². The van der Waals surface area contributed by atoms with E-state index in [1.165, 1.54) is 12.1 Å². The highest BCUT2D eigenvalue weighted by atomic mass is 35.5.